The maximum Gasteiger partial charge on any atom is 0.166 e. The molecule has 1 unspecified atom stereocenters. The summed E-state index contributed by atoms with van der Waals surface area (Å²) in [5.41, 5.74) is 2.15. The first-order valence-electron chi connectivity index (χ1n) is 5.56. The smallest absolute Gasteiger partial charge is 0.166 e. The van der Waals surface area contributed by atoms with Crippen LogP contribution in [-0.2, 0) is 6.42 Å². The van der Waals surface area contributed by atoms with E-state index in [9.17, 15) is 4.79 Å². The van der Waals surface area contributed by atoms with Crippen LogP contribution in [0.4, 0.5) is 0 Å². The van der Waals surface area contributed by atoms with Crippen molar-refractivity contribution in [3.8, 4) is 0 Å². The van der Waals surface area contributed by atoms with Crippen LogP contribution in [-0.4, -0.2) is 5.78 Å². The largest absolute Gasteiger partial charge is 0.294 e. The summed E-state index contributed by atoms with van der Waals surface area (Å²) in [4.78, 5) is 12.2. The summed E-state index contributed by atoms with van der Waals surface area (Å²) < 4.78 is 0. The summed E-state index contributed by atoms with van der Waals surface area (Å²) in [6, 6.07) is 8.00. The van der Waals surface area contributed by atoms with Crippen molar-refractivity contribution in [2.24, 2.45) is 5.92 Å². The van der Waals surface area contributed by atoms with E-state index in [2.05, 4.69) is 12.6 Å². The van der Waals surface area contributed by atoms with Gasteiger partial charge in [-0.3, -0.25) is 4.79 Å². The molecule has 0 saturated heterocycles. The number of Topliss-reactive ketones (excluding diaryl/α,β-unsaturated/α-hetero) is 1. The molecule has 0 heterocycles. The van der Waals surface area contributed by atoms with Gasteiger partial charge < -0.3 is 0 Å². The van der Waals surface area contributed by atoms with Gasteiger partial charge in [0.2, 0.25) is 0 Å². The molecule has 1 nitrogen and oxygen atoms in total. The Morgan fingerprint density at radius 1 is 1.40 bits per heavy atom. The zero-order chi connectivity index (χ0) is 10.7. The number of fused-ring (bicyclic) bond motifs is 1. The highest BCUT2D eigenvalue weighted by Gasteiger charge is 2.23. The summed E-state index contributed by atoms with van der Waals surface area (Å²) in [7, 11) is 0. The fraction of sp³-hybridized carbons (Fsp3) is 0.357. The molecule has 78 valence electrons. The lowest BCUT2D eigenvalue weighted by Crippen LogP contribution is -2.13. The van der Waals surface area contributed by atoms with Crippen LogP contribution in [0.5, 0.6) is 0 Å². The van der Waals surface area contributed by atoms with Crippen LogP contribution >= 0.6 is 0 Å². The van der Waals surface area contributed by atoms with Gasteiger partial charge in [-0.2, -0.15) is 0 Å². The standard InChI is InChI=1S/C14H16O/c1-2-6-12-9-5-8-11-7-3-4-10-13(11)14(12)15/h2-4,7,10,12H,1,5-6,8-9H2. The van der Waals surface area contributed by atoms with Gasteiger partial charge in [0.05, 0.1) is 0 Å². The normalized spacial score (nSPS) is 20.5. The summed E-state index contributed by atoms with van der Waals surface area (Å²) in [5, 5.41) is 0. The summed E-state index contributed by atoms with van der Waals surface area (Å²) in [6.07, 6.45) is 5.82. The number of rotatable bonds is 2. The van der Waals surface area contributed by atoms with Crippen molar-refractivity contribution in [3.63, 3.8) is 0 Å². The predicted molar refractivity (Wildman–Crippen MR) is 62.0 cm³/mol. The molecule has 0 amide bonds. The third-order valence-electron chi connectivity index (χ3n) is 3.10. The molecular formula is C14H16O. The molecule has 0 spiro atoms. The summed E-state index contributed by atoms with van der Waals surface area (Å²) in [5.74, 6) is 0.467. The molecule has 1 aromatic carbocycles. The molecule has 15 heavy (non-hydrogen) atoms. The Kier molecular flexibility index (Phi) is 3.00. The van der Waals surface area contributed by atoms with Crippen molar-refractivity contribution in [1.29, 1.82) is 0 Å². The minimum Gasteiger partial charge on any atom is -0.294 e. The number of allylic oxidation sites excluding steroid dienone is 1. The Balaban J connectivity index is 2.34. The highest BCUT2D eigenvalue weighted by Crippen LogP contribution is 2.26. The van der Waals surface area contributed by atoms with Crippen LogP contribution in [0.1, 0.15) is 35.2 Å². The van der Waals surface area contributed by atoms with Gasteiger partial charge >= 0.3 is 0 Å². The number of hydrogen-bond donors (Lipinski definition) is 0. The van der Waals surface area contributed by atoms with Crippen molar-refractivity contribution in [2.45, 2.75) is 25.7 Å². The van der Waals surface area contributed by atoms with Crippen LogP contribution in [0.3, 0.4) is 0 Å². The topological polar surface area (TPSA) is 17.1 Å². The molecule has 0 bridgehead atoms. The lowest BCUT2D eigenvalue weighted by atomic mass is 9.92. The average Bonchev–Trinajstić information content (AvgIpc) is 2.41. The number of aryl methyl sites for hydroxylation is 1. The minimum atomic E-state index is 0.158. The van der Waals surface area contributed by atoms with E-state index in [0.717, 1.165) is 31.2 Å². The van der Waals surface area contributed by atoms with Crippen LogP contribution < -0.4 is 0 Å². The van der Waals surface area contributed by atoms with Crippen molar-refractivity contribution in [1.82, 2.24) is 0 Å². The molecular weight excluding hydrogens is 184 g/mol. The molecule has 2 rings (SSSR count). The summed E-state index contributed by atoms with van der Waals surface area (Å²) in [6.45, 7) is 3.72. The van der Waals surface area contributed by atoms with Gasteiger partial charge in [-0.1, -0.05) is 30.3 Å². The van der Waals surface area contributed by atoms with Crippen molar-refractivity contribution in [2.75, 3.05) is 0 Å². The third-order valence-corrected chi connectivity index (χ3v) is 3.10. The Hall–Kier alpha value is -1.37. The van der Waals surface area contributed by atoms with E-state index in [4.69, 9.17) is 0 Å². The van der Waals surface area contributed by atoms with Gasteiger partial charge in [0.1, 0.15) is 0 Å². The van der Waals surface area contributed by atoms with Gasteiger partial charge in [0.15, 0.2) is 5.78 Å². The molecule has 0 N–H and O–H groups in total. The van der Waals surface area contributed by atoms with Crippen LogP contribution in [0.25, 0.3) is 0 Å². The Bertz CT molecular complexity index is 379. The van der Waals surface area contributed by atoms with E-state index < -0.39 is 0 Å². The average molecular weight is 200 g/mol. The number of hydrogen-bond acceptors (Lipinski definition) is 1. The van der Waals surface area contributed by atoms with Crippen LogP contribution in [0.2, 0.25) is 0 Å². The summed E-state index contributed by atoms with van der Waals surface area (Å²) >= 11 is 0. The second kappa shape index (κ2) is 4.43. The van der Waals surface area contributed by atoms with Crippen LogP contribution in [0.15, 0.2) is 36.9 Å². The van der Waals surface area contributed by atoms with E-state index in [1.165, 1.54) is 5.56 Å². The first-order chi connectivity index (χ1) is 7.33. The molecule has 1 aliphatic rings. The minimum absolute atomic E-state index is 0.158. The van der Waals surface area contributed by atoms with Crippen molar-refractivity contribution in [3.05, 3.63) is 48.0 Å². The number of carbonyl (C=O) groups is 1. The molecule has 0 saturated carbocycles. The molecule has 1 aliphatic carbocycles. The molecule has 0 fully saturated rings. The number of benzene rings is 1. The molecule has 1 heteroatoms. The van der Waals surface area contributed by atoms with Crippen molar-refractivity contribution >= 4 is 5.78 Å². The quantitative estimate of drug-likeness (QED) is 0.528. The molecule has 0 aromatic heterocycles. The van der Waals surface area contributed by atoms with Crippen molar-refractivity contribution < 1.29 is 4.79 Å². The number of carbonyl (C=O) groups excluding carboxylic acids is 1. The SMILES string of the molecule is C=CCC1CCCc2ccccc2C1=O. The maximum atomic E-state index is 12.2. The molecule has 0 aliphatic heterocycles. The Morgan fingerprint density at radius 3 is 3.00 bits per heavy atom. The van der Waals surface area contributed by atoms with Gasteiger partial charge in [-0.05, 0) is 31.2 Å². The number of ketones is 1. The first-order valence-corrected chi connectivity index (χ1v) is 5.56. The lowest BCUT2D eigenvalue weighted by Gasteiger charge is -2.10. The second-order valence-electron chi connectivity index (χ2n) is 4.13. The van der Waals surface area contributed by atoms with E-state index in [1.54, 1.807) is 0 Å². The van der Waals surface area contributed by atoms with E-state index in [0.29, 0.717) is 5.78 Å². The monoisotopic (exact) mass is 200 g/mol. The first kappa shape index (κ1) is 10.2. The zero-order valence-electron chi connectivity index (χ0n) is 8.91. The van der Waals surface area contributed by atoms with Gasteiger partial charge in [-0.25, -0.2) is 0 Å². The second-order valence-corrected chi connectivity index (χ2v) is 4.13. The van der Waals surface area contributed by atoms with Gasteiger partial charge in [-0.15, -0.1) is 6.58 Å². The fourth-order valence-corrected chi connectivity index (χ4v) is 2.29. The fourth-order valence-electron chi connectivity index (χ4n) is 2.29. The lowest BCUT2D eigenvalue weighted by molar-refractivity contribution is 0.0917. The van der Waals surface area contributed by atoms with E-state index in [-0.39, 0.29) is 5.92 Å². The Morgan fingerprint density at radius 2 is 2.20 bits per heavy atom. The zero-order valence-corrected chi connectivity index (χ0v) is 8.91. The highest BCUT2D eigenvalue weighted by atomic mass is 16.1. The molecule has 0 radical (unpaired) electrons. The third kappa shape index (κ3) is 2.01. The predicted octanol–water partition coefficient (Wildman–Crippen LogP) is 3.40. The van der Waals surface area contributed by atoms with Gasteiger partial charge in [0, 0.05) is 11.5 Å². The van der Waals surface area contributed by atoms with E-state index in [1.807, 2.05) is 24.3 Å². The maximum absolute atomic E-state index is 12.2. The van der Waals surface area contributed by atoms with E-state index >= 15 is 0 Å². The highest BCUT2D eigenvalue weighted by molar-refractivity contribution is 5.99. The molecule has 1 atom stereocenters. The van der Waals surface area contributed by atoms with Gasteiger partial charge in [0.25, 0.3) is 0 Å². The Labute approximate surface area is 90.8 Å². The molecule has 1 aromatic rings. The van der Waals surface area contributed by atoms with Crippen LogP contribution in [0, 0.1) is 5.92 Å².